The first kappa shape index (κ1) is 29.3. The molecule has 2 saturated heterocycles. The summed E-state index contributed by atoms with van der Waals surface area (Å²) in [6.07, 6.45) is 11.6. The minimum atomic E-state index is -0.270. The number of nitrogens with zero attached hydrogens (tertiary/aromatic N) is 7. The first-order chi connectivity index (χ1) is 22.9. The molecule has 1 amide bonds. The summed E-state index contributed by atoms with van der Waals surface area (Å²) in [7, 11) is 5.75. The SMILES string of the molecule is C=CC(=O)Nc1cc(Nc2ncc(-c3cnn(C)c3)c(-c3cn(C4CC4)c4ccccc34)n2)c(OC)cc1N1C[C@H]2CN(C)C[C@H]2C1. The zero-order valence-electron chi connectivity index (χ0n) is 27.0. The van der Waals surface area contributed by atoms with Crippen LogP contribution in [0.3, 0.4) is 0 Å². The molecule has 47 heavy (non-hydrogen) atoms. The molecule has 3 fully saturated rings. The number of para-hydroxylation sites is 1. The number of benzene rings is 2. The van der Waals surface area contributed by atoms with Gasteiger partial charge in [-0.1, -0.05) is 24.8 Å². The molecule has 0 unspecified atom stereocenters. The maximum absolute atomic E-state index is 12.6. The van der Waals surface area contributed by atoms with Crippen LogP contribution in [0.2, 0.25) is 0 Å². The number of nitrogens with one attached hydrogen (secondary N) is 2. The van der Waals surface area contributed by atoms with Crippen LogP contribution in [0, 0.1) is 11.8 Å². The van der Waals surface area contributed by atoms with Crippen LogP contribution < -0.4 is 20.3 Å². The van der Waals surface area contributed by atoms with Gasteiger partial charge in [-0.2, -0.15) is 5.10 Å². The minimum absolute atomic E-state index is 0.270. The molecular weight excluding hydrogens is 590 g/mol. The first-order valence-electron chi connectivity index (χ1n) is 16.2. The molecule has 0 radical (unpaired) electrons. The molecule has 5 heterocycles. The van der Waals surface area contributed by atoms with E-state index in [1.165, 1.54) is 24.4 Å². The Bertz CT molecular complexity index is 1990. The molecule has 0 spiro atoms. The predicted octanol–water partition coefficient (Wildman–Crippen LogP) is 5.71. The van der Waals surface area contributed by atoms with Gasteiger partial charge in [0.2, 0.25) is 11.9 Å². The van der Waals surface area contributed by atoms with Crippen molar-refractivity contribution in [3.05, 3.63) is 73.8 Å². The molecule has 1 saturated carbocycles. The van der Waals surface area contributed by atoms with Gasteiger partial charge in [-0.15, -0.1) is 0 Å². The van der Waals surface area contributed by atoms with Gasteiger partial charge in [0.25, 0.3) is 0 Å². The number of aryl methyl sites for hydroxylation is 1. The maximum Gasteiger partial charge on any atom is 0.247 e. The van der Waals surface area contributed by atoms with Gasteiger partial charge in [-0.3, -0.25) is 9.48 Å². The quantitative estimate of drug-likeness (QED) is 0.200. The van der Waals surface area contributed by atoms with Crippen molar-refractivity contribution in [2.75, 3.05) is 55.9 Å². The van der Waals surface area contributed by atoms with Gasteiger partial charge >= 0.3 is 0 Å². The molecular formula is C36H39N9O2. The fourth-order valence-electron chi connectivity index (χ4n) is 7.39. The van der Waals surface area contributed by atoms with Gasteiger partial charge in [0.1, 0.15) is 5.75 Å². The summed E-state index contributed by atoms with van der Waals surface area (Å²) in [5.74, 6) is 1.98. The van der Waals surface area contributed by atoms with E-state index in [0.717, 1.165) is 59.6 Å². The summed E-state index contributed by atoms with van der Waals surface area (Å²) in [5.41, 5.74) is 7.16. The predicted molar refractivity (Wildman–Crippen MR) is 185 cm³/mol. The maximum atomic E-state index is 12.6. The summed E-state index contributed by atoms with van der Waals surface area (Å²) < 4.78 is 10.1. The monoisotopic (exact) mass is 629 g/mol. The summed E-state index contributed by atoms with van der Waals surface area (Å²) in [6, 6.07) is 12.9. The number of aromatic nitrogens is 5. The number of ether oxygens (including phenoxy) is 1. The zero-order valence-corrected chi connectivity index (χ0v) is 27.0. The molecule has 3 aromatic heterocycles. The molecule has 3 aliphatic rings. The summed E-state index contributed by atoms with van der Waals surface area (Å²) >= 11 is 0. The molecule has 2 atom stereocenters. The van der Waals surface area contributed by atoms with Crippen LogP contribution in [-0.4, -0.2) is 75.5 Å². The highest BCUT2D eigenvalue weighted by Gasteiger charge is 2.39. The number of amides is 1. The van der Waals surface area contributed by atoms with Crippen LogP contribution in [0.4, 0.5) is 23.0 Å². The Labute approximate surface area is 273 Å². The van der Waals surface area contributed by atoms with E-state index < -0.39 is 0 Å². The smallest absolute Gasteiger partial charge is 0.247 e. The van der Waals surface area contributed by atoms with Crippen molar-refractivity contribution >= 4 is 39.8 Å². The lowest BCUT2D eigenvalue weighted by molar-refractivity contribution is -0.111. The number of likely N-dealkylation sites (tertiary alicyclic amines) is 1. The van der Waals surface area contributed by atoms with Gasteiger partial charge < -0.3 is 29.7 Å². The fourth-order valence-corrected chi connectivity index (χ4v) is 7.39. The van der Waals surface area contributed by atoms with Crippen LogP contribution in [0.1, 0.15) is 18.9 Å². The molecule has 11 heteroatoms. The van der Waals surface area contributed by atoms with Crippen molar-refractivity contribution in [3.63, 3.8) is 0 Å². The molecule has 2 aliphatic heterocycles. The molecule has 11 nitrogen and oxygen atoms in total. The Hall–Kier alpha value is -5.16. The molecule has 0 bridgehead atoms. The number of rotatable bonds is 9. The number of carbonyl (C=O) groups excluding carboxylic acids is 1. The third-order valence-corrected chi connectivity index (χ3v) is 9.76. The standard InChI is InChI=1S/C36H39N9O2/c1-5-34(46)39-29-12-30(33(47-4)13-32(29)44-19-23-16-42(2)17-24(23)20-44)40-36-37-15-27(22-14-38-43(3)18-22)35(41-36)28-21-45(25-10-11-25)31-9-7-6-8-26(28)31/h5-9,12-15,18,21,23-25H,1,10-11,16-17,19-20H2,2-4H3,(H,39,46)(H,37,40,41)/t23-,24+. The summed E-state index contributed by atoms with van der Waals surface area (Å²) in [4.78, 5) is 27.3. The average molecular weight is 630 g/mol. The average Bonchev–Trinajstić information content (AvgIpc) is 3.34. The Kier molecular flexibility index (Phi) is 7.20. The molecule has 240 valence electrons. The fraction of sp³-hybridized carbons (Fsp3) is 0.333. The highest BCUT2D eigenvalue weighted by molar-refractivity contribution is 6.02. The van der Waals surface area contributed by atoms with E-state index in [0.29, 0.717) is 41.0 Å². The van der Waals surface area contributed by atoms with Gasteiger partial charge in [-0.25, -0.2) is 9.97 Å². The number of hydrogen-bond acceptors (Lipinski definition) is 8. The van der Waals surface area contributed by atoms with E-state index in [4.69, 9.17) is 14.7 Å². The van der Waals surface area contributed by atoms with Crippen LogP contribution in [0.15, 0.2) is 73.8 Å². The Balaban J connectivity index is 1.20. The van der Waals surface area contributed by atoms with Crippen molar-refractivity contribution in [2.24, 2.45) is 18.9 Å². The van der Waals surface area contributed by atoms with Crippen LogP contribution in [-0.2, 0) is 11.8 Å². The number of hydrogen-bond donors (Lipinski definition) is 2. The lowest BCUT2D eigenvalue weighted by atomic mass is 10.0. The van der Waals surface area contributed by atoms with Crippen molar-refractivity contribution in [2.45, 2.75) is 18.9 Å². The largest absolute Gasteiger partial charge is 0.494 e. The van der Waals surface area contributed by atoms with E-state index in [1.54, 1.807) is 11.8 Å². The normalized spacial score (nSPS) is 19.3. The molecule has 1 aliphatic carbocycles. The van der Waals surface area contributed by atoms with Crippen molar-refractivity contribution in [1.82, 2.24) is 29.2 Å². The number of methoxy groups -OCH3 is 1. The molecule has 2 N–H and O–H groups in total. The highest BCUT2D eigenvalue weighted by atomic mass is 16.5. The lowest BCUT2D eigenvalue weighted by Crippen LogP contribution is -2.27. The minimum Gasteiger partial charge on any atom is -0.494 e. The highest BCUT2D eigenvalue weighted by Crippen LogP contribution is 2.44. The third kappa shape index (κ3) is 5.40. The van der Waals surface area contributed by atoms with E-state index >= 15 is 0 Å². The third-order valence-electron chi connectivity index (χ3n) is 9.76. The molecule has 2 aromatic carbocycles. The van der Waals surface area contributed by atoms with Crippen LogP contribution >= 0.6 is 0 Å². The summed E-state index contributed by atoms with van der Waals surface area (Å²) in [6.45, 7) is 7.70. The lowest BCUT2D eigenvalue weighted by Gasteiger charge is -2.26. The van der Waals surface area contributed by atoms with Gasteiger partial charge in [0.15, 0.2) is 0 Å². The number of anilines is 4. The van der Waals surface area contributed by atoms with Crippen molar-refractivity contribution in [3.8, 4) is 28.1 Å². The summed E-state index contributed by atoms with van der Waals surface area (Å²) in [5, 5.41) is 12.0. The van der Waals surface area contributed by atoms with Gasteiger partial charge in [0, 0.05) is 91.5 Å². The molecule has 8 rings (SSSR count). The second-order valence-corrected chi connectivity index (χ2v) is 13.1. The second kappa shape index (κ2) is 11.6. The van der Waals surface area contributed by atoms with Gasteiger partial charge in [0.05, 0.1) is 36.1 Å². The second-order valence-electron chi connectivity index (χ2n) is 13.1. The van der Waals surface area contributed by atoms with Crippen LogP contribution in [0.25, 0.3) is 33.3 Å². The van der Waals surface area contributed by atoms with E-state index in [2.05, 4.69) is 74.2 Å². The van der Waals surface area contributed by atoms with E-state index in [1.807, 2.05) is 37.8 Å². The Morgan fingerprint density at radius 1 is 1.00 bits per heavy atom. The first-order valence-corrected chi connectivity index (χ1v) is 16.2. The van der Waals surface area contributed by atoms with Crippen molar-refractivity contribution in [1.29, 1.82) is 0 Å². The van der Waals surface area contributed by atoms with Crippen LogP contribution in [0.5, 0.6) is 5.75 Å². The van der Waals surface area contributed by atoms with E-state index in [9.17, 15) is 4.79 Å². The number of fused-ring (bicyclic) bond motifs is 2. The zero-order chi connectivity index (χ0) is 32.2. The Morgan fingerprint density at radius 2 is 1.79 bits per heavy atom. The van der Waals surface area contributed by atoms with Crippen molar-refractivity contribution < 1.29 is 9.53 Å². The number of carbonyl (C=O) groups is 1. The van der Waals surface area contributed by atoms with E-state index in [-0.39, 0.29) is 5.91 Å². The Morgan fingerprint density at radius 3 is 2.49 bits per heavy atom. The van der Waals surface area contributed by atoms with Gasteiger partial charge in [-0.05, 0) is 49.9 Å². The molecule has 5 aromatic rings. The topological polar surface area (TPSA) is 105 Å².